The first-order valence-electron chi connectivity index (χ1n) is 6.37. The molecule has 0 radical (unpaired) electrons. The average Bonchev–Trinajstić information content (AvgIpc) is 3.07. The average molecular weight is 216 g/mol. The number of nitrogens with zero attached hydrogens (tertiary/aromatic N) is 1. The van der Waals surface area contributed by atoms with Crippen LogP contribution in [0.5, 0.6) is 0 Å². The summed E-state index contributed by atoms with van der Waals surface area (Å²) in [7, 11) is 0. The van der Waals surface area contributed by atoms with E-state index in [1.807, 2.05) is 6.07 Å². The van der Waals surface area contributed by atoms with Crippen LogP contribution >= 0.6 is 0 Å². The van der Waals surface area contributed by atoms with Crippen LogP contribution in [0.25, 0.3) is 0 Å². The topological polar surface area (TPSA) is 29.3 Å². The third-order valence-electron chi connectivity index (χ3n) is 4.08. The summed E-state index contributed by atoms with van der Waals surface area (Å²) in [5.74, 6) is 0.977. The Labute approximate surface area is 97.4 Å². The first-order valence-corrected chi connectivity index (χ1v) is 6.37. The summed E-state index contributed by atoms with van der Waals surface area (Å²) in [6, 6.07) is 6.91. The molecule has 0 spiro atoms. The largest absolute Gasteiger partial charge is 0.398 e. The van der Waals surface area contributed by atoms with Gasteiger partial charge in [0.2, 0.25) is 0 Å². The highest BCUT2D eigenvalue weighted by Crippen LogP contribution is 2.36. The lowest BCUT2D eigenvalue weighted by Gasteiger charge is -2.35. The van der Waals surface area contributed by atoms with Crippen molar-refractivity contribution in [2.45, 2.75) is 32.2 Å². The Morgan fingerprint density at radius 2 is 2.19 bits per heavy atom. The minimum Gasteiger partial charge on any atom is -0.398 e. The van der Waals surface area contributed by atoms with Crippen molar-refractivity contribution in [2.24, 2.45) is 5.92 Å². The van der Waals surface area contributed by atoms with Crippen LogP contribution in [-0.2, 0) is 6.42 Å². The second-order valence-corrected chi connectivity index (χ2v) is 5.28. The number of hydrogen-bond acceptors (Lipinski definition) is 2. The monoisotopic (exact) mass is 216 g/mol. The molecule has 0 aromatic heterocycles. The van der Waals surface area contributed by atoms with Crippen molar-refractivity contribution in [1.29, 1.82) is 0 Å². The lowest BCUT2D eigenvalue weighted by atomic mass is 9.92. The molecular weight excluding hydrogens is 196 g/mol. The second-order valence-electron chi connectivity index (χ2n) is 5.28. The van der Waals surface area contributed by atoms with Gasteiger partial charge in [-0.1, -0.05) is 12.1 Å². The molecule has 0 amide bonds. The molecular formula is C14H20N2. The van der Waals surface area contributed by atoms with Gasteiger partial charge in [0.25, 0.3) is 0 Å². The predicted molar refractivity (Wildman–Crippen MR) is 67.3 cm³/mol. The van der Waals surface area contributed by atoms with Gasteiger partial charge in [0.05, 0.1) is 0 Å². The van der Waals surface area contributed by atoms with Crippen LogP contribution in [0, 0.1) is 5.92 Å². The zero-order valence-corrected chi connectivity index (χ0v) is 9.95. The van der Waals surface area contributed by atoms with Crippen LogP contribution < -0.4 is 5.73 Å². The van der Waals surface area contributed by atoms with Gasteiger partial charge in [-0.3, -0.25) is 4.90 Å². The second kappa shape index (κ2) is 3.77. The molecule has 3 rings (SSSR count). The fourth-order valence-corrected chi connectivity index (χ4v) is 2.83. The van der Waals surface area contributed by atoms with Gasteiger partial charge in [0.1, 0.15) is 0 Å². The Kier molecular flexibility index (Phi) is 2.40. The van der Waals surface area contributed by atoms with E-state index in [0.29, 0.717) is 6.04 Å². The van der Waals surface area contributed by atoms with Crippen molar-refractivity contribution in [3.63, 3.8) is 0 Å². The number of rotatable bonds is 2. The normalized spacial score (nSPS) is 25.4. The van der Waals surface area contributed by atoms with Gasteiger partial charge in [0, 0.05) is 24.8 Å². The lowest BCUT2D eigenvalue weighted by molar-refractivity contribution is 0.190. The highest BCUT2D eigenvalue weighted by Gasteiger charge is 2.30. The quantitative estimate of drug-likeness (QED) is 0.770. The number of nitrogen functional groups attached to an aromatic ring is 1. The fraction of sp³-hybridized carbons (Fsp3) is 0.571. The summed E-state index contributed by atoms with van der Waals surface area (Å²) in [4.78, 5) is 2.62. The molecule has 1 saturated carbocycles. The fourth-order valence-electron chi connectivity index (χ4n) is 2.83. The molecule has 2 nitrogen and oxygen atoms in total. The first kappa shape index (κ1) is 10.2. The van der Waals surface area contributed by atoms with E-state index in [1.54, 1.807) is 0 Å². The van der Waals surface area contributed by atoms with Crippen molar-refractivity contribution >= 4 is 5.69 Å². The molecule has 2 N–H and O–H groups in total. The summed E-state index contributed by atoms with van der Waals surface area (Å²) in [6.45, 7) is 4.79. The molecule has 2 heteroatoms. The van der Waals surface area contributed by atoms with E-state index < -0.39 is 0 Å². The van der Waals surface area contributed by atoms with Crippen LogP contribution in [0.2, 0.25) is 0 Å². The van der Waals surface area contributed by atoms with E-state index in [0.717, 1.165) is 18.0 Å². The number of nitrogens with two attached hydrogens (primary N) is 1. The van der Waals surface area contributed by atoms with Gasteiger partial charge in [-0.25, -0.2) is 0 Å². The Bertz CT molecular complexity index is 396. The molecule has 2 aliphatic rings. The molecule has 1 aromatic carbocycles. The Balaban J connectivity index is 1.85. The summed E-state index contributed by atoms with van der Waals surface area (Å²) in [6.07, 6.45) is 4.00. The maximum absolute atomic E-state index is 6.04. The third-order valence-corrected chi connectivity index (χ3v) is 4.08. The van der Waals surface area contributed by atoms with E-state index in [1.165, 1.54) is 37.1 Å². The van der Waals surface area contributed by atoms with Crippen molar-refractivity contribution < 1.29 is 0 Å². The van der Waals surface area contributed by atoms with Crippen molar-refractivity contribution in [3.05, 3.63) is 29.3 Å². The molecule has 1 aliphatic carbocycles. The minimum atomic E-state index is 0.549. The summed E-state index contributed by atoms with van der Waals surface area (Å²) < 4.78 is 0. The first-order chi connectivity index (χ1) is 7.75. The van der Waals surface area contributed by atoms with E-state index in [-0.39, 0.29) is 0 Å². The molecule has 1 fully saturated rings. The molecule has 0 bridgehead atoms. The smallest absolute Gasteiger partial charge is 0.0350 e. The van der Waals surface area contributed by atoms with Gasteiger partial charge in [-0.15, -0.1) is 0 Å². The van der Waals surface area contributed by atoms with Gasteiger partial charge in [-0.2, -0.15) is 0 Å². The highest BCUT2D eigenvalue weighted by molar-refractivity contribution is 5.52. The van der Waals surface area contributed by atoms with Crippen LogP contribution in [0.15, 0.2) is 18.2 Å². The third kappa shape index (κ3) is 1.71. The van der Waals surface area contributed by atoms with Crippen molar-refractivity contribution in [3.8, 4) is 0 Å². The van der Waals surface area contributed by atoms with E-state index in [2.05, 4.69) is 24.0 Å². The minimum absolute atomic E-state index is 0.549. The van der Waals surface area contributed by atoms with Crippen LogP contribution in [0.1, 0.15) is 36.9 Å². The number of anilines is 1. The predicted octanol–water partition coefficient (Wildman–Crippen LogP) is 2.60. The van der Waals surface area contributed by atoms with E-state index >= 15 is 0 Å². The Hall–Kier alpha value is -1.02. The van der Waals surface area contributed by atoms with Crippen molar-refractivity contribution in [1.82, 2.24) is 4.90 Å². The number of benzene rings is 1. The molecule has 86 valence electrons. The van der Waals surface area contributed by atoms with Gasteiger partial charge < -0.3 is 5.73 Å². The summed E-state index contributed by atoms with van der Waals surface area (Å²) >= 11 is 0. The molecule has 1 atom stereocenters. The van der Waals surface area contributed by atoms with E-state index in [4.69, 9.17) is 5.73 Å². The molecule has 1 unspecified atom stereocenters. The van der Waals surface area contributed by atoms with Crippen LogP contribution in [-0.4, -0.2) is 18.0 Å². The van der Waals surface area contributed by atoms with Crippen LogP contribution in [0.4, 0.5) is 5.69 Å². The zero-order valence-electron chi connectivity index (χ0n) is 9.95. The van der Waals surface area contributed by atoms with Crippen LogP contribution in [0.3, 0.4) is 0 Å². The van der Waals surface area contributed by atoms with Gasteiger partial charge in [-0.05, 0) is 49.3 Å². The molecule has 1 heterocycles. The maximum Gasteiger partial charge on any atom is 0.0350 e. The Morgan fingerprint density at radius 3 is 2.94 bits per heavy atom. The maximum atomic E-state index is 6.04. The lowest BCUT2D eigenvalue weighted by Crippen LogP contribution is -2.35. The highest BCUT2D eigenvalue weighted by atomic mass is 15.2. The molecule has 0 saturated heterocycles. The van der Waals surface area contributed by atoms with E-state index in [9.17, 15) is 0 Å². The molecule has 1 aromatic rings. The van der Waals surface area contributed by atoms with Crippen molar-refractivity contribution in [2.75, 3.05) is 18.8 Å². The molecule has 1 aliphatic heterocycles. The standard InChI is InChI=1S/C14H20N2/c1-10-12-3-2-4-14(15)13(12)7-8-16(10)9-11-5-6-11/h2-4,10-11H,5-9,15H2,1H3. The zero-order chi connectivity index (χ0) is 11.1. The number of fused-ring (bicyclic) bond motifs is 1. The number of hydrogen-bond donors (Lipinski definition) is 1. The summed E-state index contributed by atoms with van der Waals surface area (Å²) in [5, 5.41) is 0. The van der Waals surface area contributed by atoms with Gasteiger partial charge in [0.15, 0.2) is 0 Å². The SMILES string of the molecule is CC1c2cccc(N)c2CCN1CC1CC1. The Morgan fingerprint density at radius 1 is 1.38 bits per heavy atom. The van der Waals surface area contributed by atoms with Gasteiger partial charge >= 0.3 is 0 Å². The summed E-state index contributed by atoms with van der Waals surface area (Å²) in [5.41, 5.74) is 9.87. The molecule has 16 heavy (non-hydrogen) atoms.